The zero-order chi connectivity index (χ0) is 14.4. The monoisotopic (exact) mass is 269 g/mol. The van der Waals surface area contributed by atoms with E-state index in [2.05, 4.69) is 56.4 Å². The highest BCUT2D eigenvalue weighted by molar-refractivity contribution is 5.38. The van der Waals surface area contributed by atoms with E-state index in [9.17, 15) is 0 Å². The summed E-state index contributed by atoms with van der Waals surface area (Å²) in [5.74, 6) is 1.80. The van der Waals surface area contributed by atoms with Gasteiger partial charge in [-0.15, -0.1) is 0 Å². The van der Waals surface area contributed by atoms with Crippen LogP contribution in [0.15, 0.2) is 42.5 Å². The van der Waals surface area contributed by atoms with Gasteiger partial charge in [0.1, 0.15) is 11.5 Å². The first-order chi connectivity index (χ1) is 9.67. The fraction of sp³-hybridized carbons (Fsp3) is 0.333. The Morgan fingerprint density at radius 2 is 1.70 bits per heavy atom. The number of aryl methyl sites for hydroxylation is 2. The first kappa shape index (κ1) is 14.6. The summed E-state index contributed by atoms with van der Waals surface area (Å²) in [5, 5.41) is 3.41. The van der Waals surface area contributed by atoms with Crippen LogP contribution in [0.2, 0.25) is 0 Å². The summed E-state index contributed by atoms with van der Waals surface area (Å²) in [6, 6.07) is 14.5. The highest BCUT2D eigenvalue weighted by Gasteiger charge is 2.01. The largest absolute Gasteiger partial charge is 0.457 e. The summed E-state index contributed by atoms with van der Waals surface area (Å²) >= 11 is 0. The van der Waals surface area contributed by atoms with Crippen molar-refractivity contribution in [3.8, 4) is 11.5 Å². The summed E-state index contributed by atoms with van der Waals surface area (Å²) in [5.41, 5.74) is 3.70. The number of ether oxygens (including phenoxy) is 1. The Bertz CT molecular complexity index is 543. The second-order valence-electron chi connectivity index (χ2n) is 5.25. The van der Waals surface area contributed by atoms with E-state index in [-0.39, 0.29) is 0 Å². The minimum absolute atomic E-state index is 0.887. The van der Waals surface area contributed by atoms with Crippen molar-refractivity contribution < 1.29 is 4.74 Å². The second-order valence-corrected chi connectivity index (χ2v) is 5.25. The van der Waals surface area contributed by atoms with Gasteiger partial charge in [0.15, 0.2) is 0 Å². The average molecular weight is 269 g/mol. The van der Waals surface area contributed by atoms with E-state index in [1.165, 1.54) is 16.7 Å². The summed E-state index contributed by atoms with van der Waals surface area (Å²) in [4.78, 5) is 0. The van der Waals surface area contributed by atoms with E-state index >= 15 is 0 Å². The highest BCUT2D eigenvalue weighted by atomic mass is 16.5. The van der Waals surface area contributed by atoms with Gasteiger partial charge in [-0.3, -0.25) is 0 Å². The number of hydrogen-bond acceptors (Lipinski definition) is 2. The van der Waals surface area contributed by atoms with E-state index in [0.29, 0.717) is 0 Å². The summed E-state index contributed by atoms with van der Waals surface area (Å²) in [7, 11) is 0. The van der Waals surface area contributed by atoms with Crippen molar-refractivity contribution in [2.24, 2.45) is 0 Å². The van der Waals surface area contributed by atoms with Crippen LogP contribution in [0.3, 0.4) is 0 Å². The summed E-state index contributed by atoms with van der Waals surface area (Å²) in [6.07, 6.45) is 1.15. The average Bonchev–Trinajstić information content (AvgIpc) is 2.38. The lowest BCUT2D eigenvalue weighted by Gasteiger charge is -2.10. The molecule has 0 aliphatic rings. The zero-order valence-electron chi connectivity index (χ0n) is 12.6. The Morgan fingerprint density at radius 1 is 0.950 bits per heavy atom. The smallest absolute Gasteiger partial charge is 0.127 e. The van der Waals surface area contributed by atoms with Gasteiger partial charge in [-0.1, -0.05) is 25.1 Å². The third kappa shape index (κ3) is 4.39. The minimum Gasteiger partial charge on any atom is -0.457 e. The Labute approximate surface area is 121 Å². The van der Waals surface area contributed by atoms with Crippen LogP contribution in [0.25, 0.3) is 0 Å². The Morgan fingerprint density at radius 3 is 2.40 bits per heavy atom. The topological polar surface area (TPSA) is 21.3 Å². The van der Waals surface area contributed by atoms with Crippen LogP contribution in [0.4, 0.5) is 0 Å². The molecule has 0 aliphatic heterocycles. The molecule has 0 aromatic heterocycles. The van der Waals surface area contributed by atoms with Gasteiger partial charge in [0, 0.05) is 6.54 Å². The minimum atomic E-state index is 0.887. The van der Waals surface area contributed by atoms with Gasteiger partial charge in [0.2, 0.25) is 0 Å². The molecule has 0 bridgehead atoms. The zero-order valence-corrected chi connectivity index (χ0v) is 12.6. The van der Waals surface area contributed by atoms with Gasteiger partial charge in [-0.05, 0) is 67.8 Å². The molecular weight excluding hydrogens is 246 g/mol. The second kappa shape index (κ2) is 7.11. The van der Waals surface area contributed by atoms with Crippen molar-refractivity contribution in [1.29, 1.82) is 0 Å². The molecule has 106 valence electrons. The number of benzene rings is 2. The number of nitrogens with one attached hydrogen (secondary N) is 1. The highest BCUT2D eigenvalue weighted by Crippen LogP contribution is 2.24. The van der Waals surface area contributed by atoms with Crippen LogP contribution in [-0.4, -0.2) is 6.54 Å². The van der Waals surface area contributed by atoms with Crippen molar-refractivity contribution in [3.63, 3.8) is 0 Å². The molecule has 0 atom stereocenters. The van der Waals surface area contributed by atoms with Crippen LogP contribution < -0.4 is 10.1 Å². The molecule has 2 aromatic carbocycles. The Kier molecular flexibility index (Phi) is 5.19. The van der Waals surface area contributed by atoms with Gasteiger partial charge in [0.05, 0.1) is 0 Å². The molecule has 20 heavy (non-hydrogen) atoms. The number of hydrogen-bond donors (Lipinski definition) is 1. The molecule has 2 heteroatoms. The summed E-state index contributed by atoms with van der Waals surface area (Å²) < 4.78 is 5.96. The quantitative estimate of drug-likeness (QED) is 0.774. The molecule has 2 rings (SSSR count). The van der Waals surface area contributed by atoms with Crippen LogP contribution in [0, 0.1) is 13.8 Å². The third-order valence-electron chi connectivity index (χ3n) is 3.09. The Hall–Kier alpha value is -1.80. The molecule has 0 aliphatic carbocycles. The van der Waals surface area contributed by atoms with Crippen LogP contribution in [-0.2, 0) is 6.54 Å². The molecule has 0 heterocycles. The standard InChI is InChI=1S/C18H23NO/c1-4-8-19-13-16-6-5-7-17(12-16)20-18-10-14(2)9-15(3)11-18/h5-7,9-12,19H,4,8,13H2,1-3H3. The van der Waals surface area contributed by atoms with Crippen molar-refractivity contribution in [2.75, 3.05) is 6.54 Å². The fourth-order valence-electron chi connectivity index (χ4n) is 2.26. The fourth-order valence-corrected chi connectivity index (χ4v) is 2.26. The maximum Gasteiger partial charge on any atom is 0.127 e. The van der Waals surface area contributed by atoms with Gasteiger partial charge in [0.25, 0.3) is 0 Å². The van der Waals surface area contributed by atoms with Crippen LogP contribution >= 0.6 is 0 Å². The van der Waals surface area contributed by atoms with Gasteiger partial charge in [-0.2, -0.15) is 0 Å². The predicted octanol–water partition coefficient (Wildman–Crippen LogP) is 4.60. The molecule has 0 saturated heterocycles. The lowest BCUT2D eigenvalue weighted by atomic mass is 10.1. The van der Waals surface area contributed by atoms with Crippen molar-refractivity contribution in [2.45, 2.75) is 33.7 Å². The molecule has 0 radical (unpaired) electrons. The molecule has 2 aromatic rings. The van der Waals surface area contributed by atoms with Crippen LogP contribution in [0.5, 0.6) is 11.5 Å². The maximum atomic E-state index is 5.96. The van der Waals surface area contributed by atoms with Gasteiger partial charge >= 0.3 is 0 Å². The first-order valence-corrected chi connectivity index (χ1v) is 7.23. The molecule has 0 fully saturated rings. The summed E-state index contributed by atoms with van der Waals surface area (Å²) in [6.45, 7) is 8.28. The SMILES string of the molecule is CCCNCc1cccc(Oc2cc(C)cc(C)c2)c1. The molecule has 2 nitrogen and oxygen atoms in total. The van der Waals surface area contributed by atoms with E-state index in [1.54, 1.807) is 0 Å². The molecule has 0 amide bonds. The lowest BCUT2D eigenvalue weighted by Crippen LogP contribution is -2.13. The third-order valence-corrected chi connectivity index (χ3v) is 3.09. The van der Waals surface area contributed by atoms with Crippen LogP contribution in [0.1, 0.15) is 30.0 Å². The normalized spacial score (nSPS) is 10.6. The van der Waals surface area contributed by atoms with Gasteiger partial charge < -0.3 is 10.1 Å². The first-order valence-electron chi connectivity index (χ1n) is 7.23. The van der Waals surface area contributed by atoms with Crippen molar-refractivity contribution in [1.82, 2.24) is 5.32 Å². The van der Waals surface area contributed by atoms with Crippen molar-refractivity contribution in [3.05, 3.63) is 59.2 Å². The van der Waals surface area contributed by atoms with E-state index in [4.69, 9.17) is 4.74 Å². The molecular formula is C18H23NO. The van der Waals surface area contributed by atoms with E-state index in [1.807, 2.05) is 12.1 Å². The molecule has 0 spiro atoms. The maximum absolute atomic E-state index is 5.96. The van der Waals surface area contributed by atoms with E-state index in [0.717, 1.165) is 31.0 Å². The van der Waals surface area contributed by atoms with Crippen molar-refractivity contribution >= 4 is 0 Å². The molecule has 0 saturated carbocycles. The van der Waals surface area contributed by atoms with Gasteiger partial charge in [-0.25, -0.2) is 0 Å². The number of rotatable bonds is 6. The molecule has 1 N–H and O–H groups in total. The lowest BCUT2D eigenvalue weighted by molar-refractivity contribution is 0.480. The predicted molar refractivity (Wildman–Crippen MR) is 84.4 cm³/mol. The van der Waals surface area contributed by atoms with E-state index < -0.39 is 0 Å². The molecule has 0 unspecified atom stereocenters. The Balaban J connectivity index is 2.07.